The number of benzene rings is 4. The van der Waals surface area contributed by atoms with Crippen LogP contribution in [0.1, 0.15) is 56.2 Å². The predicted molar refractivity (Wildman–Crippen MR) is 155 cm³/mol. The average molecular weight is 596 g/mol. The van der Waals surface area contributed by atoms with Crippen molar-refractivity contribution in [1.82, 2.24) is 0 Å². The molecule has 39 heavy (non-hydrogen) atoms. The smallest absolute Gasteiger partial charge is 1.00 e. The third-order valence-electron chi connectivity index (χ3n) is 9.27. The molecule has 0 N–H and O–H groups in total. The molecule has 0 bridgehead atoms. The Morgan fingerprint density at radius 1 is 0.538 bits per heavy atom. The zero-order valence-electron chi connectivity index (χ0n) is 22.6. The summed E-state index contributed by atoms with van der Waals surface area (Å²) in [6.45, 7) is 4.78. The van der Waals surface area contributed by atoms with Gasteiger partial charge in [-0.05, 0) is 0 Å². The molecule has 3 aliphatic rings. The van der Waals surface area contributed by atoms with Gasteiger partial charge in [0.2, 0.25) is 0 Å². The fraction of sp³-hybridized carbons (Fsp3) is 0.222. The number of halogens is 2. The van der Waals surface area contributed by atoms with Gasteiger partial charge in [0.05, 0.1) is 0 Å². The minimum absolute atomic E-state index is 0. The molecule has 0 nitrogen and oxygen atoms in total. The van der Waals surface area contributed by atoms with Crippen molar-refractivity contribution in [3.8, 4) is 22.3 Å². The first-order chi connectivity index (χ1) is 18.2. The van der Waals surface area contributed by atoms with Gasteiger partial charge in [-0.3, -0.25) is 0 Å². The topological polar surface area (TPSA) is 0 Å². The Balaban J connectivity index is 0.00000154. The van der Waals surface area contributed by atoms with E-state index in [1.54, 1.807) is 22.3 Å². The summed E-state index contributed by atoms with van der Waals surface area (Å²) in [5.74, 6) is 0. The predicted octanol–water partition coefficient (Wildman–Crippen LogP) is 4.43. The molecule has 0 spiro atoms. The molecule has 0 radical (unpaired) electrons. The third-order valence-corrected chi connectivity index (χ3v) is 22.3. The molecule has 0 saturated carbocycles. The van der Waals surface area contributed by atoms with E-state index in [0.29, 0.717) is 7.25 Å². The molecule has 7 rings (SSSR count). The molecule has 3 heteroatoms. The van der Waals surface area contributed by atoms with Crippen LogP contribution in [0.15, 0.2) is 108 Å². The molecule has 4 aromatic carbocycles. The Hall–Kier alpha value is -2.90. The van der Waals surface area contributed by atoms with Crippen LogP contribution >= 0.6 is 0 Å². The first-order valence-electron chi connectivity index (χ1n) is 14.0. The van der Waals surface area contributed by atoms with Gasteiger partial charge in [-0.2, -0.15) is 0 Å². The van der Waals surface area contributed by atoms with Gasteiger partial charge in [0, 0.05) is 0 Å². The molecule has 0 aromatic heterocycles. The van der Waals surface area contributed by atoms with Crippen LogP contribution in [0.2, 0.25) is 8.26 Å². The molecular weight excluding hydrogens is 562 g/mol. The second-order valence-corrected chi connectivity index (χ2v) is 22.5. The van der Waals surface area contributed by atoms with E-state index >= 15 is 0 Å². The molecule has 1 fully saturated rings. The summed E-state index contributed by atoms with van der Waals surface area (Å²) >= 11 is -2.63. The van der Waals surface area contributed by atoms with Crippen molar-refractivity contribution >= 4 is 12.2 Å². The van der Waals surface area contributed by atoms with Crippen LogP contribution in [0, 0.1) is 0 Å². The fourth-order valence-corrected chi connectivity index (χ4v) is 25.4. The van der Waals surface area contributed by atoms with Gasteiger partial charge < -0.3 is 9.41 Å². The van der Waals surface area contributed by atoms with Gasteiger partial charge in [0.15, 0.2) is 0 Å². The maximum absolute atomic E-state index is 2.63. The van der Waals surface area contributed by atoms with E-state index in [4.69, 9.17) is 0 Å². The van der Waals surface area contributed by atoms with Crippen molar-refractivity contribution in [3.63, 3.8) is 0 Å². The summed E-state index contributed by atoms with van der Waals surface area (Å²) in [4.78, 5) is 0. The molecule has 0 amide bonds. The molecule has 1 saturated heterocycles. The monoisotopic (exact) mass is 594 g/mol. The van der Waals surface area contributed by atoms with E-state index < -0.39 is 20.3 Å². The summed E-state index contributed by atoms with van der Waals surface area (Å²) in [7, 11) is 0. The second-order valence-electron chi connectivity index (χ2n) is 11.1. The maximum atomic E-state index is 2.60. The van der Waals surface area contributed by atoms with Crippen LogP contribution < -0.4 is 9.41 Å². The number of rotatable bonds is 6. The number of hydrogen-bond donors (Lipinski definition) is 0. The van der Waals surface area contributed by atoms with Gasteiger partial charge >= 0.3 is 227 Å². The second kappa shape index (κ2) is 10.9. The maximum Gasteiger partial charge on any atom is -1.00 e. The molecule has 1 heterocycles. The van der Waals surface area contributed by atoms with Crippen LogP contribution in [0.3, 0.4) is 0 Å². The Bertz CT molecular complexity index is 1430. The number of allylic oxidation sites excluding steroid dienone is 2. The Labute approximate surface area is 235 Å². The van der Waals surface area contributed by atoms with Crippen molar-refractivity contribution in [2.24, 2.45) is 0 Å². The van der Waals surface area contributed by atoms with E-state index in [2.05, 4.69) is 123 Å². The zero-order chi connectivity index (χ0) is 25.0. The largest absolute Gasteiger partial charge is 1.00 e. The minimum atomic E-state index is -2.63. The van der Waals surface area contributed by atoms with Crippen LogP contribution in [0.4, 0.5) is 0 Å². The SMILES string of the molecule is CCC1=Cc2c(-c3ccccc3)cccc2[CH]1[Zr+2]1([CH]2C(CC)=Cc3c(-c4ccccc4)cccc32)[CH2][CH2]1.[F-].[F-]. The van der Waals surface area contributed by atoms with Crippen LogP contribution in [-0.4, -0.2) is 0 Å². The molecule has 196 valence electrons. The summed E-state index contributed by atoms with van der Waals surface area (Å²) in [5.41, 5.74) is 15.3. The van der Waals surface area contributed by atoms with Crippen molar-refractivity contribution in [2.45, 2.75) is 42.2 Å². The molecular formula is C36H34F2Zr. The standard InChI is InChI=1S/2C17H15.C2H4.2FH.Zr/c2*1-2-13-11-15-9-6-10-16(17(15)12-13)14-7-4-3-5-8-14;1-2;;;/h2*3-12H,2H2,1H3;1-2H2;2*1H;/q;;;;;+2/p-2. The summed E-state index contributed by atoms with van der Waals surface area (Å²) in [6.07, 6.45) is 7.54. The zero-order valence-corrected chi connectivity index (χ0v) is 25.1. The van der Waals surface area contributed by atoms with Crippen LogP contribution in [0.5, 0.6) is 0 Å². The van der Waals surface area contributed by atoms with Gasteiger partial charge in [0.1, 0.15) is 0 Å². The molecule has 2 aliphatic carbocycles. The van der Waals surface area contributed by atoms with Crippen molar-refractivity contribution in [1.29, 1.82) is 0 Å². The quantitative estimate of drug-likeness (QED) is 0.310. The molecule has 2 atom stereocenters. The average Bonchev–Trinajstić information content (AvgIpc) is 3.49. The summed E-state index contributed by atoms with van der Waals surface area (Å²) < 4.78 is 4.46. The molecule has 1 aliphatic heterocycles. The van der Waals surface area contributed by atoms with E-state index in [1.165, 1.54) is 54.5 Å². The number of hydrogen-bond acceptors (Lipinski definition) is 0. The van der Waals surface area contributed by atoms with E-state index in [9.17, 15) is 0 Å². The van der Waals surface area contributed by atoms with Gasteiger partial charge in [0.25, 0.3) is 0 Å². The van der Waals surface area contributed by atoms with Gasteiger partial charge in [-0.25, -0.2) is 0 Å². The Morgan fingerprint density at radius 2 is 0.949 bits per heavy atom. The third kappa shape index (κ3) is 4.34. The summed E-state index contributed by atoms with van der Waals surface area (Å²) in [6, 6.07) is 36.3. The van der Waals surface area contributed by atoms with Gasteiger partial charge in [-0.15, -0.1) is 0 Å². The Morgan fingerprint density at radius 3 is 1.31 bits per heavy atom. The molecule has 4 aromatic rings. The molecule has 2 unspecified atom stereocenters. The first kappa shape index (κ1) is 27.7. The van der Waals surface area contributed by atoms with E-state index in [0.717, 1.165) is 0 Å². The van der Waals surface area contributed by atoms with E-state index in [-0.39, 0.29) is 9.41 Å². The summed E-state index contributed by atoms with van der Waals surface area (Å²) in [5, 5.41) is 0. The van der Waals surface area contributed by atoms with Crippen molar-refractivity contribution in [2.75, 3.05) is 0 Å². The van der Waals surface area contributed by atoms with Crippen molar-refractivity contribution < 1.29 is 29.7 Å². The number of fused-ring (bicyclic) bond motifs is 2. The first-order valence-corrected chi connectivity index (χ1v) is 20.3. The minimum Gasteiger partial charge on any atom is -1.00 e. The van der Waals surface area contributed by atoms with Crippen molar-refractivity contribution in [3.05, 3.63) is 130 Å². The fourth-order valence-electron chi connectivity index (χ4n) is 7.53. The Kier molecular flexibility index (Phi) is 7.76. The van der Waals surface area contributed by atoms with Crippen LogP contribution in [-0.2, 0) is 20.3 Å². The van der Waals surface area contributed by atoms with Crippen LogP contribution in [0.25, 0.3) is 34.4 Å². The normalized spacial score (nSPS) is 18.8. The van der Waals surface area contributed by atoms with Gasteiger partial charge in [-0.1, -0.05) is 0 Å². The van der Waals surface area contributed by atoms with E-state index in [1.807, 2.05) is 0 Å².